The van der Waals surface area contributed by atoms with Gasteiger partial charge < -0.3 is 4.57 Å². The Labute approximate surface area is 211 Å². The second kappa shape index (κ2) is 8.47. The zero-order chi connectivity index (χ0) is 24.1. The molecule has 0 radical (unpaired) electrons. The molecular formula is C34H27OP. The van der Waals surface area contributed by atoms with Gasteiger partial charge in [-0.15, -0.1) is 0 Å². The molecule has 2 aliphatic rings. The van der Waals surface area contributed by atoms with Gasteiger partial charge in [0.05, 0.1) is 0 Å². The minimum absolute atomic E-state index is 0.892. The standard InChI is InChI=1S/C34H27OP/c35-36(28-10-3-1-4-11-28,29-12-5-2-6-13-29)30-20-16-24(17-21-30)31-22-18-27-15-14-25-8-7-9-26-19-23-32(31)34(27)33(25)26/h1,3-5,9-23H,2,6-8H2. The molecule has 0 saturated heterocycles. The van der Waals surface area contributed by atoms with Crippen LogP contribution in [0.5, 0.6) is 0 Å². The van der Waals surface area contributed by atoms with Gasteiger partial charge in [-0.2, -0.15) is 0 Å². The molecule has 0 aliphatic heterocycles. The molecule has 5 aromatic carbocycles. The smallest absolute Gasteiger partial charge is 0.170 e. The van der Waals surface area contributed by atoms with Crippen LogP contribution in [0, 0.1) is 0 Å². The fourth-order valence-corrected chi connectivity index (χ4v) is 8.79. The first-order valence-corrected chi connectivity index (χ1v) is 14.6. The fourth-order valence-electron chi connectivity index (χ4n) is 6.03. The third kappa shape index (κ3) is 3.27. The summed E-state index contributed by atoms with van der Waals surface area (Å²) in [4.78, 5) is 0. The summed E-state index contributed by atoms with van der Waals surface area (Å²) in [5.74, 6) is 0. The van der Waals surface area contributed by atoms with Crippen LogP contribution in [0.25, 0.3) is 38.7 Å². The van der Waals surface area contributed by atoms with Crippen LogP contribution >= 0.6 is 7.14 Å². The van der Waals surface area contributed by atoms with E-state index in [1.807, 2.05) is 30.3 Å². The molecule has 0 aromatic heterocycles. The van der Waals surface area contributed by atoms with E-state index in [0.29, 0.717) is 0 Å². The molecule has 7 rings (SSSR count). The fraction of sp³-hybridized carbons (Fsp3) is 0.118. The highest BCUT2D eigenvalue weighted by molar-refractivity contribution is 7.82. The number of hydrogen-bond donors (Lipinski definition) is 0. The number of rotatable bonds is 4. The molecule has 1 atom stereocenters. The maximum atomic E-state index is 14.7. The first-order valence-electron chi connectivity index (χ1n) is 12.8. The minimum Gasteiger partial charge on any atom is -0.309 e. The van der Waals surface area contributed by atoms with Crippen LogP contribution < -0.4 is 15.8 Å². The van der Waals surface area contributed by atoms with E-state index < -0.39 is 7.14 Å². The zero-order valence-corrected chi connectivity index (χ0v) is 21.0. The average Bonchev–Trinajstić information content (AvgIpc) is 2.96. The van der Waals surface area contributed by atoms with Gasteiger partial charge in [0.25, 0.3) is 0 Å². The summed E-state index contributed by atoms with van der Waals surface area (Å²) in [7, 11) is -2.92. The van der Waals surface area contributed by atoms with E-state index in [4.69, 9.17) is 0 Å². The largest absolute Gasteiger partial charge is 0.309 e. The highest BCUT2D eigenvalue weighted by Crippen LogP contribution is 2.53. The summed E-state index contributed by atoms with van der Waals surface area (Å²) in [6.45, 7) is 0. The predicted molar refractivity (Wildman–Crippen MR) is 155 cm³/mol. The van der Waals surface area contributed by atoms with Crippen LogP contribution in [0.1, 0.15) is 24.8 Å². The second-order valence-electron chi connectivity index (χ2n) is 9.86. The summed E-state index contributed by atoms with van der Waals surface area (Å²) in [5.41, 5.74) is 3.85. The van der Waals surface area contributed by atoms with E-state index in [1.165, 1.54) is 37.9 Å². The molecule has 0 heterocycles. The van der Waals surface area contributed by atoms with Gasteiger partial charge in [0.15, 0.2) is 7.14 Å². The van der Waals surface area contributed by atoms with Crippen molar-refractivity contribution in [2.45, 2.75) is 25.7 Å². The van der Waals surface area contributed by atoms with Crippen LogP contribution in [-0.2, 0) is 11.0 Å². The Kier molecular flexibility index (Phi) is 5.08. The van der Waals surface area contributed by atoms with Gasteiger partial charge in [-0.05, 0) is 69.1 Å². The molecular weight excluding hydrogens is 455 g/mol. The summed E-state index contributed by atoms with van der Waals surface area (Å²) in [5, 5.41) is 9.47. The van der Waals surface area contributed by atoms with Gasteiger partial charge >= 0.3 is 0 Å². The van der Waals surface area contributed by atoms with Crippen LogP contribution in [0.15, 0.2) is 115 Å². The average molecular weight is 483 g/mol. The molecule has 0 N–H and O–H groups in total. The van der Waals surface area contributed by atoms with E-state index >= 15 is 0 Å². The number of aryl methyl sites for hydroxylation is 1. The van der Waals surface area contributed by atoms with Crippen molar-refractivity contribution in [2.24, 2.45) is 0 Å². The molecule has 1 unspecified atom stereocenters. The highest BCUT2D eigenvalue weighted by Gasteiger charge is 2.31. The van der Waals surface area contributed by atoms with E-state index in [0.717, 1.165) is 47.2 Å². The van der Waals surface area contributed by atoms with Gasteiger partial charge in [-0.3, -0.25) is 0 Å². The number of allylic oxidation sites excluding steroid dienone is 4. The van der Waals surface area contributed by atoms with Crippen LogP contribution in [0.4, 0.5) is 0 Å². The van der Waals surface area contributed by atoms with Gasteiger partial charge in [-0.1, -0.05) is 115 Å². The molecule has 2 heteroatoms. The molecule has 1 nitrogen and oxygen atoms in total. The Hall–Kier alpha value is -3.67. The predicted octanol–water partition coefficient (Wildman–Crippen LogP) is 7.65. The lowest BCUT2D eigenvalue weighted by molar-refractivity contribution is 0.591. The number of benzene rings is 5. The molecule has 2 aliphatic carbocycles. The summed E-state index contributed by atoms with van der Waals surface area (Å²) < 4.78 is 14.7. The zero-order valence-electron chi connectivity index (χ0n) is 20.2. The quantitative estimate of drug-likeness (QED) is 0.240. The summed E-state index contributed by atoms with van der Waals surface area (Å²) in [6, 6.07) is 32.1. The van der Waals surface area contributed by atoms with Crippen molar-refractivity contribution in [3.63, 3.8) is 0 Å². The Bertz CT molecular complexity index is 1790. The molecule has 0 fully saturated rings. The Morgan fingerprint density at radius 3 is 2.25 bits per heavy atom. The van der Waals surface area contributed by atoms with Crippen LogP contribution in [-0.4, -0.2) is 0 Å². The van der Waals surface area contributed by atoms with Crippen molar-refractivity contribution in [2.75, 3.05) is 0 Å². The van der Waals surface area contributed by atoms with E-state index in [2.05, 4.69) is 85.0 Å². The van der Waals surface area contributed by atoms with E-state index in [-0.39, 0.29) is 0 Å². The molecule has 0 bridgehead atoms. The molecule has 0 spiro atoms. The maximum Gasteiger partial charge on any atom is 0.170 e. The normalized spacial score (nSPS) is 16.5. The van der Waals surface area contributed by atoms with Gasteiger partial charge in [0, 0.05) is 15.9 Å². The number of hydrogen-bond acceptors (Lipinski definition) is 1. The summed E-state index contributed by atoms with van der Waals surface area (Å²) in [6.07, 6.45) is 12.9. The van der Waals surface area contributed by atoms with Gasteiger partial charge in [-0.25, -0.2) is 0 Å². The first-order chi connectivity index (χ1) is 17.7. The Morgan fingerprint density at radius 2 is 1.44 bits per heavy atom. The third-order valence-electron chi connectivity index (χ3n) is 7.81. The topological polar surface area (TPSA) is 17.1 Å². The lowest BCUT2D eigenvalue weighted by atomic mass is 9.87. The van der Waals surface area contributed by atoms with Crippen molar-refractivity contribution < 1.29 is 4.57 Å². The van der Waals surface area contributed by atoms with Crippen molar-refractivity contribution in [3.05, 3.63) is 125 Å². The lowest BCUT2D eigenvalue weighted by Gasteiger charge is -2.23. The first kappa shape index (κ1) is 21.6. The third-order valence-corrected chi connectivity index (χ3v) is 10.9. The second-order valence-corrected chi connectivity index (χ2v) is 12.6. The van der Waals surface area contributed by atoms with Crippen molar-refractivity contribution in [1.29, 1.82) is 0 Å². The van der Waals surface area contributed by atoms with E-state index in [9.17, 15) is 4.57 Å². The van der Waals surface area contributed by atoms with Crippen LogP contribution in [0.2, 0.25) is 0 Å². The lowest BCUT2D eigenvalue weighted by Crippen LogP contribution is -2.17. The molecule has 174 valence electrons. The summed E-state index contributed by atoms with van der Waals surface area (Å²) >= 11 is 0. The van der Waals surface area contributed by atoms with Crippen molar-refractivity contribution in [1.82, 2.24) is 0 Å². The molecule has 36 heavy (non-hydrogen) atoms. The monoisotopic (exact) mass is 482 g/mol. The van der Waals surface area contributed by atoms with Gasteiger partial charge in [0.2, 0.25) is 0 Å². The SMILES string of the molecule is O=P(C1=CCCC=C1)(c1ccccc1)c1ccc(-c2ccc3ccc4c5c(ccc2c35)=CCC4)cc1. The van der Waals surface area contributed by atoms with Crippen LogP contribution in [0.3, 0.4) is 0 Å². The van der Waals surface area contributed by atoms with Crippen molar-refractivity contribution in [3.8, 4) is 11.1 Å². The van der Waals surface area contributed by atoms with E-state index in [1.54, 1.807) is 0 Å². The molecule has 0 saturated carbocycles. The Balaban J connectivity index is 1.39. The minimum atomic E-state index is -2.92. The maximum absolute atomic E-state index is 14.7. The van der Waals surface area contributed by atoms with Crippen molar-refractivity contribution >= 4 is 45.4 Å². The molecule has 5 aromatic rings. The Morgan fingerprint density at radius 1 is 0.639 bits per heavy atom. The van der Waals surface area contributed by atoms with Gasteiger partial charge in [0.1, 0.15) is 0 Å². The molecule has 0 amide bonds. The highest BCUT2D eigenvalue weighted by atomic mass is 31.2.